The Morgan fingerprint density at radius 2 is 1.89 bits per heavy atom. The molecule has 0 aromatic heterocycles. The number of nitrogens with zero attached hydrogens (tertiary/aromatic N) is 1. The van der Waals surface area contributed by atoms with E-state index in [9.17, 15) is 19.1 Å². The van der Waals surface area contributed by atoms with E-state index in [-0.39, 0.29) is 29.4 Å². The van der Waals surface area contributed by atoms with Gasteiger partial charge in [-0.25, -0.2) is 4.39 Å². The number of amides is 1. The number of ketones is 1. The summed E-state index contributed by atoms with van der Waals surface area (Å²) < 4.78 is 19.0. The third kappa shape index (κ3) is 3.63. The van der Waals surface area contributed by atoms with Gasteiger partial charge in [0.2, 0.25) is 0 Å². The molecule has 5 nitrogen and oxygen atoms in total. The molecule has 0 bridgehead atoms. The number of ether oxygens (including phenoxy) is 1. The van der Waals surface area contributed by atoms with Crippen molar-refractivity contribution in [2.75, 3.05) is 12.0 Å². The second-order valence-corrected chi connectivity index (χ2v) is 7.11. The van der Waals surface area contributed by atoms with Crippen LogP contribution in [0.1, 0.15) is 31.9 Å². The molecule has 1 heterocycles. The molecule has 0 saturated carbocycles. The zero-order valence-electron chi connectivity index (χ0n) is 16.0. The first-order valence-electron chi connectivity index (χ1n) is 9.03. The fourth-order valence-electron chi connectivity index (χ4n) is 3.36. The summed E-state index contributed by atoms with van der Waals surface area (Å²) >= 11 is 0. The number of anilines is 1. The van der Waals surface area contributed by atoms with Gasteiger partial charge in [-0.05, 0) is 41.8 Å². The molecule has 1 atom stereocenters. The molecule has 1 N–H and O–H groups in total. The normalized spacial score (nSPS) is 16.8. The number of aliphatic hydroxyl groups is 1. The summed E-state index contributed by atoms with van der Waals surface area (Å²) in [5.41, 5.74) is 0.924. The van der Waals surface area contributed by atoms with E-state index >= 15 is 0 Å². The van der Waals surface area contributed by atoms with E-state index in [1.807, 2.05) is 13.8 Å². The first kappa shape index (κ1) is 19.6. The van der Waals surface area contributed by atoms with Crippen LogP contribution in [-0.4, -0.2) is 23.9 Å². The Labute approximate surface area is 163 Å². The second kappa shape index (κ2) is 7.84. The second-order valence-electron chi connectivity index (χ2n) is 7.11. The molecule has 0 aliphatic carbocycles. The molecule has 6 heteroatoms. The van der Waals surface area contributed by atoms with Crippen LogP contribution < -0.4 is 9.64 Å². The highest BCUT2D eigenvalue weighted by Gasteiger charge is 2.44. The zero-order chi connectivity index (χ0) is 20.4. The van der Waals surface area contributed by atoms with Crippen molar-refractivity contribution >= 4 is 17.4 Å². The Balaban J connectivity index is 2.14. The average Bonchev–Trinajstić information content (AvgIpc) is 2.92. The van der Waals surface area contributed by atoms with Crippen LogP contribution in [0.25, 0.3) is 0 Å². The van der Waals surface area contributed by atoms with Crippen molar-refractivity contribution in [3.63, 3.8) is 0 Å². The highest BCUT2D eigenvalue weighted by atomic mass is 19.1. The third-order valence-electron chi connectivity index (χ3n) is 4.62. The summed E-state index contributed by atoms with van der Waals surface area (Å²) in [6.07, 6.45) is 0.191. The molecule has 3 rings (SSSR count). The van der Waals surface area contributed by atoms with Crippen LogP contribution in [-0.2, 0) is 9.59 Å². The quantitative estimate of drug-likeness (QED) is 0.805. The number of hydrogen-bond acceptors (Lipinski definition) is 4. The van der Waals surface area contributed by atoms with E-state index in [0.717, 1.165) is 0 Å². The van der Waals surface area contributed by atoms with Gasteiger partial charge in [0.1, 0.15) is 11.6 Å². The van der Waals surface area contributed by atoms with E-state index in [0.29, 0.717) is 11.3 Å². The summed E-state index contributed by atoms with van der Waals surface area (Å²) in [6.45, 7) is 3.78. The predicted octanol–water partition coefficient (Wildman–Crippen LogP) is 4.35. The SMILES string of the molecule is COc1ccc(C2C(C(=O)CC(C)C)=C(O)C(=O)N2c2cccc(F)c2)cc1. The molecule has 0 spiro atoms. The number of rotatable bonds is 6. The van der Waals surface area contributed by atoms with E-state index in [4.69, 9.17) is 4.74 Å². The Bertz CT molecular complexity index is 934. The topological polar surface area (TPSA) is 66.8 Å². The molecule has 2 aromatic carbocycles. The van der Waals surface area contributed by atoms with Gasteiger partial charge in [-0.2, -0.15) is 0 Å². The molecule has 2 aromatic rings. The molecule has 28 heavy (non-hydrogen) atoms. The number of methoxy groups -OCH3 is 1. The monoisotopic (exact) mass is 383 g/mol. The minimum absolute atomic E-state index is 0.0353. The number of carbonyl (C=O) groups is 2. The van der Waals surface area contributed by atoms with E-state index in [2.05, 4.69) is 0 Å². The van der Waals surface area contributed by atoms with Crippen LogP contribution in [0, 0.1) is 11.7 Å². The van der Waals surface area contributed by atoms with Crippen molar-refractivity contribution < 1.29 is 23.8 Å². The summed E-state index contributed by atoms with van der Waals surface area (Å²) in [5.74, 6) is -1.45. The highest BCUT2D eigenvalue weighted by molar-refractivity contribution is 6.16. The van der Waals surface area contributed by atoms with Crippen LogP contribution in [0.2, 0.25) is 0 Å². The molecular weight excluding hydrogens is 361 g/mol. The minimum atomic E-state index is -0.841. The van der Waals surface area contributed by atoms with Gasteiger partial charge in [-0.3, -0.25) is 14.5 Å². The van der Waals surface area contributed by atoms with Gasteiger partial charge in [-0.1, -0.05) is 32.0 Å². The standard InChI is InChI=1S/C22H22FNO4/c1-13(2)11-18(25)19-20(14-7-9-17(28-3)10-8-14)24(22(27)21(19)26)16-6-4-5-15(23)12-16/h4-10,12-13,20,26H,11H2,1-3H3. The first-order valence-corrected chi connectivity index (χ1v) is 9.03. The number of halogens is 1. The predicted molar refractivity (Wildman–Crippen MR) is 104 cm³/mol. The number of aliphatic hydroxyl groups excluding tert-OH is 1. The smallest absolute Gasteiger partial charge is 0.294 e. The molecule has 0 saturated heterocycles. The van der Waals surface area contributed by atoms with Crippen molar-refractivity contribution in [3.8, 4) is 5.75 Å². The third-order valence-corrected chi connectivity index (χ3v) is 4.62. The van der Waals surface area contributed by atoms with Gasteiger partial charge in [0.05, 0.1) is 18.7 Å². The molecule has 1 amide bonds. The number of carbonyl (C=O) groups excluding carboxylic acids is 2. The highest BCUT2D eigenvalue weighted by Crippen LogP contribution is 2.42. The molecule has 1 aliphatic heterocycles. The number of hydrogen-bond donors (Lipinski definition) is 1. The maximum Gasteiger partial charge on any atom is 0.294 e. The van der Waals surface area contributed by atoms with Crippen LogP contribution in [0.15, 0.2) is 59.9 Å². The van der Waals surface area contributed by atoms with E-state index in [1.165, 1.54) is 30.2 Å². The zero-order valence-corrected chi connectivity index (χ0v) is 16.0. The van der Waals surface area contributed by atoms with Gasteiger partial charge >= 0.3 is 0 Å². The van der Waals surface area contributed by atoms with Gasteiger partial charge < -0.3 is 9.84 Å². The molecular formula is C22H22FNO4. The lowest BCUT2D eigenvalue weighted by Crippen LogP contribution is -2.31. The van der Waals surface area contributed by atoms with Gasteiger partial charge in [0.25, 0.3) is 5.91 Å². The van der Waals surface area contributed by atoms with Crippen molar-refractivity contribution in [2.45, 2.75) is 26.3 Å². The lowest BCUT2D eigenvalue weighted by Gasteiger charge is -2.27. The lowest BCUT2D eigenvalue weighted by molar-refractivity contribution is -0.118. The van der Waals surface area contributed by atoms with E-state index in [1.54, 1.807) is 30.3 Å². The largest absolute Gasteiger partial charge is 0.503 e. The Hall–Kier alpha value is -3.15. The number of benzene rings is 2. The molecule has 1 unspecified atom stereocenters. The van der Waals surface area contributed by atoms with Crippen LogP contribution >= 0.6 is 0 Å². The van der Waals surface area contributed by atoms with Crippen LogP contribution in [0.3, 0.4) is 0 Å². The molecule has 146 valence electrons. The lowest BCUT2D eigenvalue weighted by atomic mass is 9.92. The summed E-state index contributed by atoms with van der Waals surface area (Å²) in [7, 11) is 1.54. The fraction of sp³-hybridized carbons (Fsp3) is 0.273. The Morgan fingerprint density at radius 3 is 2.46 bits per heavy atom. The van der Waals surface area contributed by atoms with Crippen molar-refractivity contribution in [3.05, 3.63) is 71.2 Å². The van der Waals surface area contributed by atoms with Crippen LogP contribution in [0.4, 0.5) is 10.1 Å². The van der Waals surface area contributed by atoms with Gasteiger partial charge in [-0.15, -0.1) is 0 Å². The summed E-state index contributed by atoms with van der Waals surface area (Å²) in [6, 6.07) is 11.6. The van der Waals surface area contributed by atoms with Gasteiger partial charge in [0, 0.05) is 12.1 Å². The fourth-order valence-corrected chi connectivity index (χ4v) is 3.36. The van der Waals surface area contributed by atoms with E-state index < -0.39 is 23.5 Å². The molecule has 1 aliphatic rings. The Morgan fingerprint density at radius 1 is 1.21 bits per heavy atom. The maximum absolute atomic E-state index is 13.8. The Kier molecular flexibility index (Phi) is 5.49. The van der Waals surface area contributed by atoms with Crippen molar-refractivity contribution in [1.82, 2.24) is 0 Å². The molecule has 0 radical (unpaired) electrons. The van der Waals surface area contributed by atoms with Crippen LogP contribution in [0.5, 0.6) is 5.75 Å². The summed E-state index contributed by atoms with van der Waals surface area (Å²) in [5, 5.41) is 10.5. The number of Topliss-reactive ketones (excluding diaryl/α,β-unsaturated/α-hetero) is 1. The first-order chi connectivity index (χ1) is 13.3. The van der Waals surface area contributed by atoms with Crippen molar-refractivity contribution in [1.29, 1.82) is 0 Å². The van der Waals surface area contributed by atoms with Gasteiger partial charge in [0.15, 0.2) is 11.5 Å². The summed E-state index contributed by atoms with van der Waals surface area (Å²) in [4.78, 5) is 27.0. The van der Waals surface area contributed by atoms with Crippen molar-refractivity contribution in [2.24, 2.45) is 5.92 Å². The maximum atomic E-state index is 13.8. The minimum Gasteiger partial charge on any atom is -0.503 e. The molecule has 0 fully saturated rings. The average molecular weight is 383 g/mol.